The average Bonchev–Trinajstić information content (AvgIpc) is 3.33. The van der Waals surface area contributed by atoms with Gasteiger partial charge in [-0.3, -0.25) is 0 Å². The molecular formula is C23H18N2O6. The Morgan fingerprint density at radius 3 is 2.52 bits per heavy atom. The number of nitrogens with two attached hydrogens (primary N) is 1. The molecule has 1 atom stereocenters. The van der Waals surface area contributed by atoms with E-state index in [1.807, 2.05) is 6.07 Å². The number of nitrogens with zero attached hydrogens (tertiary/aromatic N) is 1. The minimum Gasteiger partial charge on any atom is -0.497 e. The average molecular weight is 418 g/mol. The summed E-state index contributed by atoms with van der Waals surface area (Å²) >= 11 is 0. The summed E-state index contributed by atoms with van der Waals surface area (Å²) < 4.78 is 26.9. The van der Waals surface area contributed by atoms with E-state index in [0.717, 1.165) is 0 Å². The van der Waals surface area contributed by atoms with E-state index in [1.165, 1.54) is 19.4 Å². The maximum Gasteiger partial charge on any atom is 0.379 e. The van der Waals surface area contributed by atoms with E-state index in [4.69, 9.17) is 29.1 Å². The molecule has 8 nitrogen and oxygen atoms in total. The Bertz CT molecular complexity index is 1210. The van der Waals surface area contributed by atoms with Crippen LogP contribution in [0.4, 0.5) is 0 Å². The molecule has 0 spiro atoms. The molecule has 0 amide bonds. The third kappa shape index (κ3) is 3.65. The quantitative estimate of drug-likeness (QED) is 0.492. The van der Waals surface area contributed by atoms with Gasteiger partial charge in [-0.2, -0.15) is 5.26 Å². The molecule has 4 rings (SSSR count). The van der Waals surface area contributed by atoms with Gasteiger partial charge in [0.2, 0.25) is 11.6 Å². The summed E-state index contributed by atoms with van der Waals surface area (Å²) in [5.74, 6) is 0.616. The van der Waals surface area contributed by atoms with Crippen molar-refractivity contribution in [2.45, 2.75) is 5.92 Å². The van der Waals surface area contributed by atoms with Gasteiger partial charge in [-0.15, -0.1) is 0 Å². The van der Waals surface area contributed by atoms with Gasteiger partial charge in [-0.05, 0) is 24.3 Å². The van der Waals surface area contributed by atoms with Crippen LogP contribution in [0.5, 0.6) is 23.0 Å². The molecule has 31 heavy (non-hydrogen) atoms. The highest BCUT2D eigenvalue weighted by Gasteiger charge is 2.33. The first-order valence-electron chi connectivity index (χ1n) is 9.24. The van der Waals surface area contributed by atoms with Crippen LogP contribution in [-0.2, 0) is 0 Å². The van der Waals surface area contributed by atoms with Crippen molar-refractivity contribution < 1.29 is 28.2 Å². The zero-order chi connectivity index (χ0) is 22.0. The van der Waals surface area contributed by atoms with E-state index < -0.39 is 11.9 Å². The Morgan fingerprint density at radius 2 is 1.84 bits per heavy atom. The molecular weight excluding hydrogens is 400 g/mol. The third-order valence-electron chi connectivity index (χ3n) is 4.88. The Balaban J connectivity index is 1.76. The van der Waals surface area contributed by atoms with Crippen molar-refractivity contribution in [3.8, 4) is 29.1 Å². The number of furan rings is 1. The number of fused-ring (bicyclic) bond motifs is 1. The van der Waals surface area contributed by atoms with Gasteiger partial charge in [0.25, 0.3) is 0 Å². The van der Waals surface area contributed by atoms with E-state index >= 15 is 0 Å². The first-order chi connectivity index (χ1) is 15.0. The lowest BCUT2D eigenvalue weighted by Crippen LogP contribution is -2.21. The molecule has 156 valence electrons. The van der Waals surface area contributed by atoms with Gasteiger partial charge in [0, 0.05) is 23.3 Å². The van der Waals surface area contributed by atoms with Gasteiger partial charge in [0.15, 0.2) is 0 Å². The Morgan fingerprint density at radius 1 is 1.06 bits per heavy atom. The second-order valence-corrected chi connectivity index (χ2v) is 6.60. The van der Waals surface area contributed by atoms with E-state index in [0.29, 0.717) is 28.4 Å². The lowest BCUT2D eigenvalue weighted by atomic mass is 9.83. The summed E-state index contributed by atoms with van der Waals surface area (Å²) in [6.45, 7) is 0. The van der Waals surface area contributed by atoms with Crippen LogP contribution in [0, 0.1) is 11.3 Å². The molecule has 8 heteroatoms. The summed E-state index contributed by atoms with van der Waals surface area (Å²) in [5.41, 5.74) is 7.69. The Labute approximate surface area is 178 Å². The minimum atomic E-state index is -0.643. The molecule has 0 fully saturated rings. The predicted molar refractivity (Wildman–Crippen MR) is 109 cm³/mol. The summed E-state index contributed by atoms with van der Waals surface area (Å²) in [7, 11) is 3.09. The summed E-state index contributed by atoms with van der Waals surface area (Å²) in [5, 5.41) is 9.75. The van der Waals surface area contributed by atoms with Crippen molar-refractivity contribution in [1.82, 2.24) is 0 Å². The molecule has 2 heterocycles. The molecule has 0 saturated heterocycles. The highest BCUT2D eigenvalue weighted by Crippen LogP contribution is 2.46. The molecule has 3 aromatic rings. The van der Waals surface area contributed by atoms with Gasteiger partial charge in [0.1, 0.15) is 34.6 Å². The fourth-order valence-electron chi connectivity index (χ4n) is 3.43. The van der Waals surface area contributed by atoms with Gasteiger partial charge in [-0.25, -0.2) is 4.79 Å². The van der Waals surface area contributed by atoms with Crippen molar-refractivity contribution in [3.63, 3.8) is 0 Å². The molecule has 0 saturated carbocycles. The van der Waals surface area contributed by atoms with Gasteiger partial charge in [-0.1, -0.05) is 12.1 Å². The first-order valence-corrected chi connectivity index (χ1v) is 9.24. The lowest BCUT2D eigenvalue weighted by molar-refractivity contribution is 0.0701. The predicted octanol–water partition coefficient (Wildman–Crippen LogP) is 3.73. The van der Waals surface area contributed by atoms with Gasteiger partial charge >= 0.3 is 5.97 Å². The smallest absolute Gasteiger partial charge is 0.379 e. The summed E-state index contributed by atoms with van der Waals surface area (Å²) in [4.78, 5) is 12.2. The topological polar surface area (TPSA) is 117 Å². The maximum absolute atomic E-state index is 12.2. The van der Waals surface area contributed by atoms with Crippen LogP contribution in [0.15, 0.2) is 70.7 Å². The van der Waals surface area contributed by atoms with Crippen LogP contribution in [0.1, 0.15) is 27.6 Å². The number of allylic oxidation sites excluding steroid dienone is 1. The molecule has 1 unspecified atom stereocenters. The molecule has 1 aliphatic rings. The van der Waals surface area contributed by atoms with Crippen LogP contribution in [-0.4, -0.2) is 20.2 Å². The maximum atomic E-state index is 12.2. The van der Waals surface area contributed by atoms with Crippen LogP contribution in [0.25, 0.3) is 0 Å². The standard InChI is InChI=1S/C23H18N2O6/c1-27-13-5-7-15(19(10-13)28-2)21-16-8-6-14(30-23(26)18-4-3-9-29-18)11-20(16)31-22(25)17(21)12-24/h3-11,21H,25H2,1-2H3. The van der Waals surface area contributed by atoms with Crippen LogP contribution in [0.3, 0.4) is 0 Å². The number of hydrogen-bond acceptors (Lipinski definition) is 8. The first kappa shape index (κ1) is 19.9. The number of benzene rings is 2. The zero-order valence-electron chi connectivity index (χ0n) is 16.7. The fourth-order valence-corrected chi connectivity index (χ4v) is 3.43. The monoisotopic (exact) mass is 418 g/mol. The molecule has 1 aliphatic heterocycles. The van der Waals surface area contributed by atoms with Crippen molar-refractivity contribution in [1.29, 1.82) is 5.26 Å². The number of ether oxygens (including phenoxy) is 4. The number of esters is 1. The summed E-state index contributed by atoms with van der Waals surface area (Å²) in [6, 6.07) is 15.4. The normalized spacial score (nSPS) is 14.8. The molecule has 2 N–H and O–H groups in total. The Hall–Kier alpha value is -4.38. The fraction of sp³-hybridized carbons (Fsp3) is 0.130. The van der Waals surface area contributed by atoms with E-state index in [1.54, 1.807) is 43.5 Å². The van der Waals surface area contributed by atoms with Crippen LogP contribution >= 0.6 is 0 Å². The lowest BCUT2D eigenvalue weighted by Gasteiger charge is -2.27. The van der Waals surface area contributed by atoms with E-state index in [2.05, 4.69) is 6.07 Å². The number of nitriles is 1. The second-order valence-electron chi connectivity index (χ2n) is 6.60. The number of methoxy groups -OCH3 is 2. The number of hydrogen-bond donors (Lipinski definition) is 1. The SMILES string of the molecule is COc1ccc(C2C(C#N)=C(N)Oc3cc(OC(=O)c4ccco4)ccc32)c(OC)c1. The van der Waals surface area contributed by atoms with Gasteiger partial charge < -0.3 is 29.1 Å². The van der Waals surface area contributed by atoms with Crippen molar-refractivity contribution in [2.75, 3.05) is 14.2 Å². The van der Waals surface area contributed by atoms with Crippen molar-refractivity contribution >= 4 is 5.97 Å². The molecule has 0 radical (unpaired) electrons. The summed E-state index contributed by atoms with van der Waals surface area (Å²) in [6.07, 6.45) is 1.38. The minimum absolute atomic E-state index is 0.0348. The second kappa shape index (κ2) is 8.16. The number of carbonyl (C=O) groups is 1. The molecule has 1 aromatic heterocycles. The van der Waals surface area contributed by atoms with Crippen molar-refractivity contribution in [3.05, 3.63) is 83.1 Å². The van der Waals surface area contributed by atoms with Crippen molar-refractivity contribution in [2.24, 2.45) is 5.73 Å². The molecule has 2 aromatic carbocycles. The highest BCUT2D eigenvalue weighted by molar-refractivity contribution is 5.88. The molecule has 0 bridgehead atoms. The molecule has 0 aliphatic carbocycles. The van der Waals surface area contributed by atoms with Crippen LogP contribution < -0.4 is 24.7 Å². The van der Waals surface area contributed by atoms with Crippen LogP contribution in [0.2, 0.25) is 0 Å². The zero-order valence-corrected chi connectivity index (χ0v) is 16.7. The van der Waals surface area contributed by atoms with E-state index in [-0.39, 0.29) is 23.0 Å². The highest BCUT2D eigenvalue weighted by atomic mass is 16.5. The number of carbonyl (C=O) groups excluding carboxylic acids is 1. The largest absolute Gasteiger partial charge is 0.497 e. The number of rotatable bonds is 5. The van der Waals surface area contributed by atoms with E-state index in [9.17, 15) is 10.1 Å². The third-order valence-corrected chi connectivity index (χ3v) is 4.88. The van der Waals surface area contributed by atoms with Gasteiger partial charge in [0.05, 0.1) is 26.4 Å². The Kier molecular flexibility index (Phi) is 5.24.